The molecule has 0 saturated heterocycles. The summed E-state index contributed by atoms with van der Waals surface area (Å²) in [6, 6.07) is 6.30. The van der Waals surface area contributed by atoms with Crippen LogP contribution in [0.2, 0.25) is 0 Å². The van der Waals surface area contributed by atoms with Crippen molar-refractivity contribution in [3.8, 4) is 11.3 Å². The second kappa shape index (κ2) is 3.05. The predicted molar refractivity (Wildman–Crippen MR) is 50.2 cm³/mol. The van der Waals surface area contributed by atoms with Crippen molar-refractivity contribution >= 4 is 0 Å². The summed E-state index contributed by atoms with van der Waals surface area (Å²) in [7, 11) is 0. The first-order chi connectivity index (χ1) is 6.25. The van der Waals surface area contributed by atoms with Gasteiger partial charge >= 0.3 is 0 Å². The van der Waals surface area contributed by atoms with Crippen LogP contribution in [0.5, 0.6) is 0 Å². The van der Waals surface area contributed by atoms with Crippen molar-refractivity contribution in [3.05, 3.63) is 42.0 Å². The lowest BCUT2D eigenvalue weighted by Crippen LogP contribution is -1.82. The first-order valence-corrected chi connectivity index (χ1v) is 4.16. The van der Waals surface area contributed by atoms with E-state index in [1.165, 1.54) is 11.1 Å². The summed E-state index contributed by atoms with van der Waals surface area (Å²) in [5.74, 6) is 0. The van der Waals surface area contributed by atoms with Crippen molar-refractivity contribution in [1.82, 2.24) is 4.98 Å². The first kappa shape index (κ1) is 8.05. The summed E-state index contributed by atoms with van der Waals surface area (Å²) in [6.07, 6.45) is 4.05. The van der Waals surface area contributed by atoms with Gasteiger partial charge in [-0.2, -0.15) is 0 Å². The van der Waals surface area contributed by atoms with Crippen molar-refractivity contribution in [2.75, 3.05) is 0 Å². The largest absolute Gasteiger partial charge is 0.440 e. The van der Waals surface area contributed by atoms with Gasteiger partial charge in [-0.1, -0.05) is 17.2 Å². The quantitative estimate of drug-likeness (QED) is 0.661. The van der Waals surface area contributed by atoms with E-state index < -0.39 is 0 Å². The maximum absolute atomic E-state index is 4.81. The Labute approximate surface area is 77.2 Å². The van der Waals surface area contributed by atoms with E-state index in [2.05, 4.69) is 43.4 Å². The predicted octanol–water partition coefficient (Wildman–Crippen LogP) is 2.76. The molecule has 0 amide bonds. The molecule has 65 valence electrons. The minimum atomic E-state index is 0.840. The van der Waals surface area contributed by atoms with Gasteiger partial charge in [-0.3, -0.25) is 0 Å². The number of benzene rings is 1. The highest BCUT2D eigenvalue weighted by molar-refractivity contribution is 5.59. The third kappa shape index (κ3) is 1.61. The Bertz CT molecular complexity index is 384. The molecule has 0 aliphatic heterocycles. The number of aryl methyl sites for hydroxylation is 2. The molecule has 1 aromatic heterocycles. The lowest BCUT2D eigenvalue weighted by molar-refractivity contribution is 0.548. The minimum absolute atomic E-state index is 0.840. The maximum Gasteiger partial charge on any atom is 0.284 e. The van der Waals surface area contributed by atoms with Crippen LogP contribution in [0, 0.1) is 20.2 Å². The summed E-state index contributed by atoms with van der Waals surface area (Å²) >= 11 is 0. The van der Waals surface area contributed by atoms with Crippen LogP contribution in [0.25, 0.3) is 11.3 Å². The zero-order valence-corrected chi connectivity index (χ0v) is 7.66. The molecule has 0 atom stereocenters. The zero-order valence-electron chi connectivity index (χ0n) is 7.66. The fourth-order valence-electron chi connectivity index (χ4n) is 1.44. The molecule has 2 nitrogen and oxygen atoms in total. The summed E-state index contributed by atoms with van der Waals surface area (Å²) < 4.78 is 4.81. The molecule has 2 rings (SSSR count). The summed E-state index contributed by atoms with van der Waals surface area (Å²) in [4.78, 5) is 3.98. The Kier molecular flexibility index (Phi) is 1.89. The van der Waals surface area contributed by atoms with Crippen LogP contribution in [0.4, 0.5) is 0 Å². The average Bonchev–Trinajstić information content (AvgIpc) is 2.53. The van der Waals surface area contributed by atoms with Crippen LogP contribution in [0.15, 0.2) is 28.9 Å². The average molecular weight is 172 g/mol. The van der Waals surface area contributed by atoms with Gasteiger partial charge in [-0.15, -0.1) is 0 Å². The fraction of sp³-hybridized carbons (Fsp3) is 0.182. The van der Waals surface area contributed by atoms with Gasteiger partial charge in [0.1, 0.15) is 12.0 Å². The van der Waals surface area contributed by atoms with E-state index in [9.17, 15) is 0 Å². The van der Waals surface area contributed by atoms with E-state index in [1.54, 1.807) is 6.26 Å². The van der Waals surface area contributed by atoms with Gasteiger partial charge in [-0.25, -0.2) is 4.98 Å². The lowest BCUT2D eigenvalue weighted by Gasteiger charge is -2.00. The molecule has 1 aromatic carbocycles. The Hall–Kier alpha value is -1.57. The maximum atomic E-state index is 4.81. The SMILES string of the molecule is Cc1cc(C)cc(-c2co[c]n2)c1. The second-order valence-electron chi connectivity index (χ2n) is 3.20. The van der Waals surface area contributed by atoms with Crippen LogP contribution < -0.4 is 0 Å². The number of aromatic nitrogens is 1. The molecule has 0 spiro atoms. The van der Waals surface area contributed by atoms with Gasteiger partial charge in [0.15, 0.2) is 0 Å². The minimum Gasteiger partial charge on any atom is -0.440 e. The van der Waals surface area contributed by atoms with Gasteiger partial charge in [-0.05, 0) is 26.0 Å². The smallest absolute Gasteiger partial charge is 0.284 e. The molecule has 13 heavy (non-hydrogen) atoms. The fourth-order valence-corrected chi connectivity index (χ4v) is 1.44. The second-order valence-corrected chi connectivity index (χ2v) is 3.20. The molecule has 0 fully saturated rings. The van der Waals surface area contributed by atoms with Crippen molar-refractivity contribution in [1.29, 1.82) is 0 Å². The molecule has 0 saturated carbocycles. The lowest BCUT2D eigenvalue weighted by atomic mass is 10.1. The van der Waals surface area contributed by atoms with Gasteiger partial charge in [0, 0.05) is 5.56 Å². The van der Waals surface area contributed by atoms with Crippen molar-refractivity contribution < 1.29 is 4.42 Å². The molecule has 2 aromatic rings. The van der Waals surface area contributed by atoms with E-state index in [1.807, 2.05) is 0 Å². The molecule has 0 aliphatic rings. The molecule has 1 radical (unpaired) electrons. The highest BCUT2D eigenvalue weighted by Gasteiger charge is 2.01. The van der Waals surface area contributed by atoms with Gasteiger partial charge in [0.25, 0.3) is 6.39 Å². The molecule has 2 heteroatoms. The van der Waals surface area contributed by atoms with Gasteiger partial charge in [0.2, 0.25) is 0 Å². The van der Waals surface area contributed by atoms with E-state index in [-0.39, 0.29) is 0 Å². The molecule has 0 unspecified atom stereocenters. The number of oxazole rings is 1. The normalized spacial score (nSPS) is 10.3. The topological polar surface area (TPSA) is 26.0 Å². The summed E-state index contributed by atoms with van der Waals surface area (Å²) in [5, 5.41) is 0. The van der Waals surface area contributed by atoms with E-state index in [4.69, 9.17) is 4.42 Å². The van der Waals surface area contributed by atoms with E-state index >= 15 is 0 Å². The third-order valence-corrected chi connectivity index (χ3v) is 1.91. The molecule has 0 N–H and O–H groups in total. The summed E-state index contributed by atoms with van der Waals surface area (Å²) in [5.41, 5.74) is 4.39. The summed E-state index contributed by atoms with van der Waals surface area (Å²) in [6.45, 7) is 4.14. The standard InChI is InChI=1S/C11H10NO/c1-8-3-9(2)5-10(4-8)11-6-13-7-12-11/h3-6H,1-2H3. The zero-order chi connectivity index (χ0) is 9.26. The number of nitrogens with zero attached hydrogens (tertiary/aromatic N) is 1. The van der Waals surface area contributed by atoms with Gasteiger partial charge in [0.05, 0.1) is 0 Å². The third-order valence-electron chi connectivity index (χ3n) is 1.91. The molecule has 0 bridgehead atoms. The van der Waals surface area contributed by atoms with E-state index in [0.29, 0.717) is 0 Å². The number of hydrogen-bond acceptors (Lipinski definition) is 2. The Morgan fingerprint density at radius 2 is 1.85 bits per heavy atom. The van der Waals surface area contributed by atoms with Crippen LogP contribution in [0.3, 0.4) is 0 Å². The highest BCUT2D eigenvalue weighted by Crippen LogP contribution is 2.19. The van der Waals surface area contributed by atoms with Gasteiger partial charge < -0.3 is 4.42 Å². The molecular weight excluding hydrogens is 162 g/mol. The molecular formula is C11H10NO. The number of hydrogen-bond donors (Lipinski definition) is 0. The molecule has 1 heterocycles. The molecule has 0 aliphatic carbocycles. The van der Waals surface area contributed by atoms with Crippen LogP contribution in [0.1, 0.15) is 11.1 Å². The van der Waals surface area contributed by atoms with Crippen molar-refractivity contribution in [3.63, 3.8) is 0 Å². The highest BCUT2D eigenvalue weighted by atomic mass is 16.3. The monoisotopic (exact) mass is 172 g/mol. The number of rotatable bonds is 1. The van der Waals surface area contributed by atoms with Crippen molar-refractivity contribution in [2.24, 2.45) is 0 Å². The van der Waals surface area contributed by atoms with Crippen LogP contribution >= 0.6 is 0 Å². The van der Waals surface area contributed by atoms with Crippen LogP contribution in [-0.4, -0.2) is 4.98 Å². The van der Waals surface area contributed by atoms with E-state index in [0.717, 1.165) is 11.3 Å². The Morgan fingerprint density at radius 1 is 1.15 bits per heavy atom. The Balaban J connectivity index is 2.53. The van der Waals surface area contributed by atoms with Crippen LogP contribution in [-0.2, 0) is 0 Å². The Morgan fingerprint density at radius 3 is 2.38 bits per heavy atom. The van der Waals surface area contributed by atoms with Crippen molar-refractivity contribution in [2.45, 2.75) is 13.8 Å². The first-order valence-electron chi connectivity index (χ1n) is 4.16.